The highest BCUT2D eigenvalue weighted by atomic mass is 16.5. The van der Waals surface area contributed by atoms with Crippen LogP contribution in [0.1, 0.15) is 84.0 Å². The minimum Gasteiger partial charge on any atom is -0.469 e. The molecule has 2 aromatic heterocycles. The van der Waals surface area contributed by atoms with Crippen LogP contribution in [0.2, 0.25) is 0 Å². The lowest BCUT2D eigenvalue weighted by Gasteiger charge is -2.00. The van der Waals surface area contributed by atoms with Crippen LogP contribution < -0.4 is 11.2 Å². The van der Waals surface area contributed by atoms with Crippen molar-refractivity contribution in [3.63, 3.8) is 0 Å². The van der Waals surface area contributed by atoms with Gasteiger partial charge in [-0.3, -0.25) is 18.7 Å². The predicted molar refractivity (Wildman–Crippen MR) is 138 cm³/mol. The standard InChI is InChI=1S/C19H34O2.C7H8N4O2/c1-3-4-5-6-7-8-9-10-11-12-13-14-15-16-17-18-19(20)21-2;1-10-5-4(8-3-9-5)6(12)11(2)7(10)13/h7-8,10-11H,3-6,9,12-18H2,1-2H3;3H,1-2H3,(H,8,9)/b8-7-,11-10-;. The summed E-state index contributed by atoms with van der Waals surface area (Å²) in [5.41, 5.74) is 0.0119. The van der Waals surface area contributed by atoms with E-state index < -0.39 is 0 Å². The van der Waals surface area contributed by atoms with E-state index in [1.807, 2.05) is 0 Å². The molecule has 0 fully saturated rings. The number of unbranched alkanes of at least 4 members (excludes halogenated alkanes) is 8. The Labute approximate surface area is 202 Å². The number of nitrogens with zero attached hydrogens (tertiary/aromatic N) is 3. The number of methoxy groups -OCH3 is 1. The highest BCUT2D eigenvalue weighted by Crippen LogP contribution is 2.08. The van der Waals surface area contributed by atoms with Gasteiger partial charge < -0.3 is 9.72 Å². The summed E-state index contributed by atoms with van der Waals surface area (Å²) in [6.07, 6.45) is 24.4. The first-order valence-electron chi connectivity index (χ1n) is 12.4. The van der Waals surface area contributed by atoms with Crippen LogP contribution in [0, 0.1) is 0 Å². The molecule has 0 aromatic carbocycles. The number of aromatic nitrogens is 4. The van der Waals surface area contributed by atoms with Gasteiger partial charge in [0.15, 0.2) is 5.65 Å². The number of nitrogens with one attached hydrogen (secondary N) is 1. The number of aromatic amines is 1. The molecule has 0 aliphatic heterocycles. The molecule has 1 N–H and O–H groups in total. The van der Waals surface area contributed by atoms with E-state index in [0.29, 0.717) is 17.6 Å². The highest BCUT2D eigenvalue weighted by molar-refractivity contribution is 5.69. The molecule has 0 saturated carbocycles. The first kappa shape index (κ1) is 29.1. The number of H-pyrrole nitrogens is 1. The third-order valence-electron chi connectivity index (χ3n) is 5.59. The van der Waals surface area contributed by atoms with Crippen LogP contribution in [0.4, 0.5) is 0 Å². The predicted octanol–water partition coefficient (Wildman–Crippen LogP) is 4.93. The maximum absolute atomic E-state index is 11.4. The molecule has 0 unspecified atom stereocenters. The summed E-state index contributed by atoms with van der Waals surface area (Å²) < 4.78 is 6.98. The molecule has 0 bridgehead atoms. The van der Waals surface area contributed by atoms with E-state index in [-0.39, 0.29) is 17.2 Å². The molecule has 34 heavy (non-hydrogen) atoms. The molecule has 0 amide bonds. The van der Waals surface area contributed by atoms with Crippen molar-refractivity contribution in [1.29, 1.82) is 0 Å². The largest absolute Gasteiger partial charge is 0.469 e. The molecule has 0 atom stereocenters. The van der Waals surface area contributed by atoms with Gasteiger partial charge in [0.05, 0.1) is 13.4 Å². The maximum atomic E-state index is 11.4. The van der Waals surface area contributed by atoms with Gasteiger partial charge in [0.1, 0.15) is 5.52 Å². The average molecular weight is 475 g/mol. The molecule has 190 valence electrons. The molecule has 0 saturated heterocycles. The molecule has 0 aliphatic rings. The van der Waals surface area contributed by atoms with Gasteiger partial charge >= 0.3 is 11.7 Å². The molecule has 2 rings (SSSR count). The number of carbonyl (C=O) groups excluding carboxylic acids is 1. The Morgan fingerprint density at radius 2 is 1.56 bits per heavy atom. The normalized spacial score (nSPS) is 11.3. The first-order chi connectivity index (χ1) is 16.4. The van der Waals surface area contributed by atoms with E-state index in [9.17, 15) is 14.4 Å². The lowest BCUT2D eigenvalue weighted by Crippen LogP contribution is -2.36. The van der Waals surface area contributed by atoms with Crippen LogP contribution in [0.25, 0.3) is 11.2 Å². The van der Waals surface area contributed by atoms with Crippen LogP contribution in [0.5, 0.6) is 0 Å². The van der Waals surface area contributed by atoms with Crippen molar-refractivity contribution in [2.45, 2.75) is 84.0 Å². The lowest BCUT2D eigenvalue weighted by atomic mass is 10.1. The van der Waals surface area contributed by atoms with Crippen molar-refractivity contribution in [1.82, 2.24) is 19.1 Å². The van der Waals surface area contributed by atoms with E-state index in [2.05, 4.69) is 45.9 Å². The summed E-state index contributed by atoms with van der Waals surface area (Å²) in [7, 11) is 4.46. The van der Waals surface area contributed by atoms with E-state index >= 15 is 0 Å². The van der Waals surface area contributed by atoms with Gasteiger partial charge in [-0.15, -0.1) is 0 Å². The van der Waals surface area contributed by atoms with Crippen molar-refractivity contribution in [3.05, 3.63) is 51.5 Å². The second kappa shape index (κ2) is 17.6. The maximum Gasteiger partial charge on any atom is 0.332 e. The van der Waals surface area contributed by atoms with Crippen LogP contribution >= 0.6 is 0 Å². The van der Waals surface area contributed by atoms with Gasteiger partial charge in [0.2, 0.25) is 0 Å². The zero-order valence-corrected chi connectivity index (χ0v) is 21.3. The van der Waals surface area contributed by atoms with E-state index in [0.717, 1.165) is 23.8 Å². The minimum absolute atomic E-state index is 0.0827. The number of aryl methyl sites for hydroxylation is 1. The number of ether oxygens (including phenoxy) is 1. The first-order valence-corrected chi connectivity index (χ1v) is 12.4. The zero-order chi connectivity index (χ0) is 25.2. The number of hydrogen-bond donors (Lipinski definition) is 1. The molecule has 0 spiro atoms. The fraction of sp³-hybridized carbons (Fsp3) is 0.615. The number of fused-ring (bicyclic) bond motifs is 1. The zero-order valence-electron chi connectivity index (χ0n) is 21.3. The van der Waals surface area contributed by atoms with E-state index in [1.54, 1.807) is 7.05 Å². The van der Waals surface area contributed by atoms with Crippen LogP contribution in [0.3, 0.4) is 0 Å². The molecule has 0 radical (unpaired) electrons. The quantitative estimate of drug-likeness (QED) is 0.238. The lowest BCUT2D eigenvalue weighted by molar-refractivity contribution is -0.140. The average Bonchev–Trinajstić information content (AvgIpc) is 3.34. The van der Waals surface area contributed by atoms with Gasteiger partial charge in [-0.1, -0.05) is 63.3 Å². The molecular weight excluding hydrogens is 432 g/mol. The van der Waals surface area contributed by atoms with Gasteiger partial charge in [0, 0.05) is 20.5 Å². The van der Waals surface area contributed by atoms with Gasteiger partial charge in [-0.05, 0) is 38.5 Å². The monoisotopic (exact) mass is 474 g/mol. The summed E-state index contributed by atoms with van der Waals surface area (Å²) in [6, 6.07) is 0. The molecule has 2 aromatic rings. The summed E-state index contributed by atoms with van der Waals surface area (Å²) in [6.45, 7) is 2.24. The summed E-state index contributed by atoms with van der Waals surface area (Å²) in [5.74, 6) is -0.0827. The van der Waals surface area contributed by atoms with Crippen molar-refractivity contribution >= 4 is 17.1 Å². The number of allylic oxidation sites excluding steroid dienone is 4. The summed E-state index contributed by atoms with van der Waals surface area (Å²) in [4.78, 5) is 40.3. The molecule has 8 nitrogen and oxygen atoms in total. The third-order valence-corrected chi connectivity index (χ3v) is 5.59. The van der Waals surface area contributed by atoms with Crippen molar-refractivity contribution in [2.24, 2.45) is 14.1 Å². The topological polar surface area (TPSA) is 99.0 Å². The minimum atomic E-state index is -0.371. The number of carbonyl (C=O) groups is 1. The van der Waals surface area contributed by atoms with E-state index in [4.69, 9.17) is 0 Å². The summed E-state index contributed by atoms with van der Waals surface area (Å²) in [5, 5.41) is 0. The van der Waals surface area contributed by atoms with Gasteiger partial charge in [0.25, 0.3) is 5.56 Å². The Balaban J connectivity index is 0.000000375. The third kappa shape index (κ3) is 10.8. The Bertz CT molecular complexity index is 1010. The highest BCUT2D eigenvalue weighted by Gasteiger charge is 2.09. The van der Waals surface area contributed by atoms with E-state index in [1.165, 1.54) is 76.4 Å². The second-order valence-corrected chi connectivity index (χ2v) is 8.36. The number of rotatable bonds is 14. The van der Waals surface area contributed by atoms with Gasteiger partial charge in [-0.2, -0.15) is 0 Å². The molecule has 8 heteroatoms. The Morgan fingerprint density at radius 1 is 0.941 bits per heavy atom. The number of hydrogen-bond acceptors (Lipinski definition) is 5. The van der Waals surface area contributed by atoms with Crippen LogP contribution in [-0.2, 0) is 23.6 Å². The molecule has 2 heterocycles. The SMILES string of the molecule is CCCCC/C=C\C/C=C\CCCCCCCC(=O)OC.Cn1c(=O)c2[nH]cnc2n(C)c1=O. The fourth-order valence-corrected chi connectivity index (χ4v) is 3.45. The van der Waals surface area contributed by atoms with Gasteiger partial charge in [-0.25, -0.2) is 9.78 Å². The van der Waals surface area contributed by atoms with Crippen LogP contribution in [0.15, 0.2) is 40.2 Å². The van der Waals surface area contributed by atoms with Crippen molar-refractivity contribution < 1.29 is 9.53 Å². The fourth-order valence-electron chi connectivity index (χ4n) is 3.45. The smallest absolute Gasteiger partial charge is 0.332 e. The Morgan fingerprint density at radius 3 is 2.21 bits per heavy atom. The summed E-state index contributed by atoms with van der Waals surface area (Å²) >= 11 is 0. The van der Waals surface area contributed by atoms with Crippen molar-refractivity contribution in [3.8, 4) is 0 Å². The molecule has 0 aliphatic carbocycles. The Kier molecular flexibility index (Phi) is 15.0. The number of imidazole rings is 1. The van der Waals surface area contributed by atoms with Crippen molar-refractivity contribution in [2.75, 3.05) is 7.11 Å². The molecular formula is C26H42N4O4. The van der Waals surface area contributed by atoms with Crippen LogP contribution in [-0.4, -0.2) is 32.2 Å². The second-order valence-electron chi connectivity index (χ2n) is 8.36. The Hall–Kier alpha value is -2.90. The number of esters is 1.